The second-order valence-corrected chi connectivity index (χ2v) is 7.79. The van der Waals surface area contributed by atoms with E-state index in [1.165, 1.54) is 24.3 Å². The minimum atomic E-state index is -0.685. The molecule has 3 aliphatic rings. The van der Waals surface area contributed by atoms with Crippen LogP contribution in [0.3, 0.4) is 0 Å². The molecule has 124 valence electrons. The summed E-state index contributed by atoms with van der Waals surface area (Å²) >= 11 is 7.72. The number of hydrogen-bond donors (Lipinski definition) is 0. The second-order valence-electron chi connectivity index (χ2n) is 6.31. The van der Waals surface area contributed by atoms with Gasteiger partial charge in [-0.2, -0.15) is 0 Å². The first-order chi connectivity index (χ1) is 11.6. The first-order valence-corrected chi connectivity index (χ1v) is 9.39. The zero-order valence-corrected chi connectivity index (χ0v) is 14.9. The molecule has 1 fully saturated rings. The van der Waals surface area contributed by atoms with E-state index >= 15 is 0 Å². The number of benzene rings is 1. The molecule has 1 aromatic rings. The van der Waals surface area contributed by atoms with Gasteiger partial charge < -0.3 is 0 Å². The summed E-state index contributed by atoms with van der Waals surface area (Å²) in [5.74, 6) is -0.300. The summed E-state index contributed by atoms with van der Waals surface area (Å²) in [5.41, 5.74) is 3.16. The fraction of sp³-hybridized carbons (Fsp3) is 0.389. The van der Waals surface area contributed by atoms with Gasteiger partial charge in [0.1, 0.15) is 5.25 Å². The Hall–Kier alpha value is -1.59. The van der Waals surface area contributed by atoms with E-state index in [1.54, 1.807) is 4.90 Å². The van der Waals surface area contributed by atoms with E-state index in [4.69, 9.17) is 16.6 Å². The number of nitrogens with zero attached hydrogens (tertiary/aromatic N) is 2. The largest absolute Gasteiger partial charge is 0.298 e. The highest BCUT2D eigenvalue weighted by molar-refractivity contribution is 8.16. The predicted molar refractivity (Wildman–Crippen MR) is 96.0 cm³/mol. The van der Waals surface area contributed by atoms with Gasteiger partial charge >= 0.3 is 0 Å². The number of amides is 1. The van der Waals surface area contributed by atoms with Crippen LogP contribution >= 0.6 is 23.4 Å². The summed E-state index contributed by atoms with van der Waals surface area (Å²) in [7, 11) is 0. The molecular formula is C18H17ClN2O2S. The molecule has 6 heteroatoms. The maximum atomic E-state index is 12.9. The van der Waals surface area contributed by atoms with Gasteiger partial charge in [0.2, 0.25) is 0 Å². The van der Waals surface area contributed by atoms with Crippen LogP contribution in [0.25, 0.3) is 0 Å². The highest BCUT2D eigenvalue weighted by atomic mass is 35.5. The second kappa shape index (κ2) is 6.05. The van der Waals surface area contributed by atoms with E-state index in [0.717, 1.165) is 36.9 Å². The number of hydrogen-bond acceptors (Lipinski definition) is 4. The number of aliphatic imine (C=N–C) groups is 1. The number of thioether (sulfide) groups is 1. The standard InChI is InChI=1S/C18H17ClN2O2S/c1-10(22)16-17(23)21-15(11-6-2-4-8-13(11)19)12-7-3-5-9-14(12)20-18(21)24-16/h2,4,6,8,15-16H,3,5,7,9H2,1H3/t15-,16+/m0/s1. The molecule has 24 heavy (non-hydrogen) atoms. The van der Waals surface area contributed by atoms with E-state index in [-0.39, 0.29) is 17.7 Å². The number of Topliss-reactive ketones (excluding diaryl/α,β-unsaturated/α-hetero) is 1. The van der Waals surface area contributed by atoms with Crippen molar-refractivity contribution in [1.82, 2.24) is 4.90 Å². The summed E-state index contributed by atoms with van der Waals surface area (Å²) in [5, 5.41) is 0.603. The summed E-state index contributed by atoms with van der Waals surface area (Å²) < 4.78 is 0. The lowest BCUT2D eigenvalue weighted by Gasteiger charge is -2.36. The SMILES string of the molecule is CC(=O)[C@H]1SC2=NC3=C(CCCC3)[C@H](c3ccccc3Cl)N2C1=O. The number of halogens is 1. The number of fused-ring (bicyclic) bond motifs is 1. The van der Waals surface area contributed by atoms with Crippen LogP contribution in [0.4, 0.5) is 0 Å². The van der Waals surface area contributed by atoms with Gasteiger partial charge in [0.15, 0.2) is 11.0 Å². The van der Waals surface area contributed by atoms with Gasteiger partial charge in [0, 0.05) is 10.7 Å². The Balaban J connectivity index is 1.87. The molecule has 1 aromatic carbocycles. The fourth-order valence-corrected chi connectivity index (χ4v) is 4.94. The van der Waals surface area contributed by atoms with Crippen molar-refractivity contribution in [2.75, 3.05) is 0 Å². The van der Waals surface area contributed by atoms with Gasteiger partial charge in [-0.1, -0.05) is 41.6 Å². The molecule has 1 amide bonds. The molecule has 2 heterocycles. The number of amidine groups is 1. The van der Waals surface area contributed by atoms with Crippen molar-refractivity contribution >= 4 is 40.2 Å². The minimum absolute atomic E-state index is 0.127. The molecule has 2 aliphatic heterocycles. The van der Waals surface area contributed by atoms with Crippen molar-refractivity contribution in [2.24, 2.45) is 4.99 Å². The Morgan fingerprint density at radius 3 is 2.79 bits per heavy atom. The normalized spacial score (nSPS) is 26.2. The highest BCUT2D eigenvalue weighted by Gasteiger charge is 2.48. The van der Waals surface area contributed by atoms with Crippen LogP contribution in [0.5, 0.6) is 0 Å². The average molecular weight is 361 g/mol. The molecule has 0 radical (unpaired) electrons. The lowest BCUT2D eigenvalue weighted by atomic mass is 9.86. The quantitative estimate of drug-likeness (QED) is 0.746. The molecule has 2 atom stereocenters. The summed E-state index contributed by atoms with van der Waals surface area (Å²) in [6.45, 7) is 1.46. The van der Waals surface area contributed by atoms with Crippen LogP contribution in [0.15, 0.2) is 40.5 Å². The van der Waals surface area contributed by atoms with Crippen LogP contribution < -0.4 is 0 Å². The van der Waals surface area contributed by atoms with Crippen LogP contribution in [0.1, 0.15) is 44.2 Å². The molecule has 1 saturated heterocycles. The molecule has 0 bridgehead atoms. The van der Waals surface area contributed by atoms with E-state index < -0.39 is 5.25 Å². The van der Waals surface area contributed by atoms with Crippen LogP contribution in [0.2, 0.25) is 5.02 Å². The average Bonchev–Trinajstić information content (AvgIpc) is 2.90. The number of carbonyl (C=O) groups excluding carboxylic acids is 2. The Labute approximate surface area is 150 Å². The van der Waals surface area contributed by atoms with Crippen molar-refractivity contribution in [2.45, 2.75) is 43.9 Å². The number of rotatable bonds is 2. The fourth-order valence-electron chi connectivity index (χ4n) is 3.64. The minimum Gasteiger partial charge on any atom is -0.298 e. The van der Waals surface area contributed by atoms with Crippen LogP contribution in [0, 0.1) is 0 Å². The summed E-state index contributed by atoms with van der Waals surface area (Å²) in [6, 6.07) is 7.41. The Morgan fingerprint density at radius 2 is 2.04 bits per heavy atom. The molecule has 0 unspecified atom stereocenters. The molecule has 0 spiro atoms. The Kier molecular flexibility index (Phi) is 4.01. The van der Waals surface area contributed by atoms with Gasteiger partial charge in [0.05, 0.1) is 6.04 Å². The third-order valence-corrected chi connectivity index (χ3v) is 6.37. The van der Waals surface area contributed by atoms with Crippen molar-refractivity contribution in [1.29, 1.82) is 0 Å². The summed E-state index contributed by atoms with van der Waals surface area (Å²) in [6.07, 6.45) is 4.05. The van der Waals surface area contributed by atoms with Gasteiger partial charge in [-0.3, -0.25) is 14.5 Å². The van der Waals surface area contributed by atoms with Crippen molar-refractivity contribution in [3.63, 3.8) is 0 Å². The molecular weight excluding hydrogens is 344 g/mol. The molecule has 1 aliphatic carbocycles. The van der Waals surface area contributed by atoms with E-state index in [1.807, 2.05) is 24.3 Å². The van der Waals surface area contributed by atoms with Crippen LogP contribution in [-0.2, 0) is 9.59 Å². The lowest BCUT2D eigenvalue weighted by molar-refractivity contribution is -0.131. The topological polar surface area (TPSA) is 49.7 Å². The maximum Gasteiger partial charge on any atom is 0.250 e. The smallest absolute Gasteiger partial charge is 0.250 e. The first kappa shape index (κ1) is 15.9. The molecule has 4 nitrogen and oxygen atoms in total. The molecule has 0 N–H and O–H groups in total. The number of allylic oxidation sites excluding steroid dienone is 1. The first-order valence-electron chi connectivity index (χ1n) is 8.13. The van der Waals surface area contributed by atoms with Crippen LogP contribution in [-0.4, -0.2) is 27.0 Å². The number of ketones is 1. The Bertz CT molecular complexity index is 802. The third kappa shape index (κ3) is 2.42. The maximum absolute atomic E-state index is 12.9. The van der Waals surface area contributed by atoms with Gasteiger partial charge in [-0.25, -0.2) is 4.99 Å². The van der Waals surface area contributed by atoms with E-state index in [9.17, 15) is 9.59 Å². The highest BCUT2D eigenvalue weighted by Crippen LogP contribution is 2.48. The third-order valence-electron chi connectivity index (χ3n) is 4.76. The van der Waals surface area contributed by atoms with E-state index in [2.05, 4.69) is 0 Å². The zero-order valence-electron chi connectivity index (χ0n) is 13.3. The predicted octanol–water partition coefficient (Wildman–Crippen LogP) is 4.11. The van der Waals surface area contributed by atoms with Gasteiger partial charge in [-0.15, -0.1) is 0 Å². The monoisotopic (exact) mass is 360 g/mol. The van der Waals surface area contributed by atoms with Gasteiger partial charge in [-0.05, 0) is 49.8 Å². The lowest BCUT2D eigenvalue weighted by Crippen LogP contribution is -2.40. The number of carbonyl (C=O) groups is 2. The van der Waals surface area contributed by atoms with Crippen molar-refractivity contribution < 1.29 is 9.59 Å². The molecule has 0 aromatic heterocycles. The van der Waals surface area contributed by atoms with E-state index in [0.29, 0.717) is 10.2 Å². The molecule has 4 rings (SSSR count). The summed E-state index contributed by atoms with van der Waals surface area (Å²) in [4.78, 5) is 31.2. The zero-order chi connectivity index (χ0) is 16.8. The molecule has 0 saturated carbocycles. The van der Waals surface area contributed by atoms with Gasteiger partial charge in [0.25, 0.3) is 5.91 Å². The van der Waals surface area contributed by atoms with Crippen molar-refractivity contribution in [3.8, 4) is 0 Å². The van der Waals surface area contributed by atoms with Crippen molar-refractivity contribution in [3.05, 3.63) is 46.1 Å². The Morgan fingerprint density at radius 1 is 1.29 bits per heavy atom.